The summed E-state index contributed by atoms with van der Waals surface area (Å²) in [6.45, 7) is 0.926. The molecule has 2 aromatic rings. The molecule has 0 atom stereocenters. The first-order valence-electron chi connectivity index (χ1n) is 8.38. The standard InChI is InChI=1S/C19H19N3O4/c23-17(13-4-3-9-20-12-13)21-14-7-10-22(11-8-14)18(24)15-5-1-2-6-16(15)19(25)26/h1-6,9,12,14H,7-8,10-11H2,(H,21,23)(H,25,26). The summed E-state index contributed by atoms with van der Waals surface area (Å²) in [5, 5.41) is 12.2. The van der Waals surface area contributed by atoms with Crippen LogP contribution in [0.2, 0.25) is 0 Å². The molecule has 0 saturated carbocycles. The molecular weight excluding hydrogens is 334 g/mol. The van der Waals surface area contributed by atoms with Gasteiger partial charge in [0.2, 0.25) is 0 Å². The smallest absolute Gasteiger partial charge is 0.336 e. The van der Waals surface area contributed by atoms with Gasteiger partial charge < -0.3 is 15.3 Å². The zero-order valence-electron chi connectivity index (χ0n) is 14.1. The van der Waals surface area contributed by atoms with Crippen molar-refractivity contribution in [1.29, 1.82) is 0 Å². The third-order valence-corrected chi connectivity index (χ3v) is 4.43. The maximum absolute atomic E-state index is 12.6. The molecule has 26 heavy (non-hydrogen) atoms. The number of aromatic nitrogens is 1. The zero-order valence-corrected chi connectivity index (χ0v) is 14.1. The molecule has 0 aliphatic carbocycles. The molecule has 2 amide bonds. The Hall–Kier alpha value is -3.22. The monoisotopic (exact) mass is 353 g/mol. The lowest BCUT2D eigenvalue weighted by Gasteiger charge is -2.32. The number of carboxylic acid groups (broad SMARTS) is 1. The third-order valence-electron chi connectivity index (χ3n) is 4.43. The number of piperidine rings is 1. The minimum Gasteiger partial charge on any atom is -0.478 e. The second kappa shape index (κ2) is 7.77. The molecule has 3 rings (SSSR count). The molecule has 1 aromatic carbocycles. The average molecular weight is 353 g/mol. The number of carbonyl (C=O) groups excluding carboxylic acids is 2. The van der Waals surface area contributed by atoms with E-state index in [1.54, 1.807) is 35.4 Å². The summed E-state index contributed by atoms with van der Waals surface area (Å²) >= 11 is 0. The van der Waals surface area contributed by atoms with Gasteiger partial charge in [-0.3, -0.25) is 14.6 Å². The highest BCUT2D eigenvalue weighted by Gasteiger charge is 2.27. The highest BCUT2D eigenvalue weighted by molar-refractivity contribution is 6.04. The first-order chi connectivity index (χ1) is 12.6. The van der Waals surface area contributed by atoms with Crippen LogP contribution in [0.25, 0.3) is 0 Å². The van der Waals surface area contributed by atoms with Crippen LogP contribution in [0.4, 0.5) is 0 Å². The number of benzene rings is 1. The Kier molecular flexibility index (Phi) is 5.26. The topological polar surface area (TPSA) is 99.6 Å². The molecule has 0 radical (unpaired) electrons. The van der Waals surface area contributed by atoms with Crippen molar-refractivity contribution in [3.05, 3.63) is 65.5 Å². The van der Waals surface area contributed by atoms with E-state index in [4.69, 9.17) is 0 Å². The molecule has 1 fully saturated rings. The number of pyridine rings is 1. The van der Waals surface area contributed by atoms with E-state index in [0.29, 0.717) is 31.5 Å². The summed E-state index contributed by atoms with van der Waals surface area (Å²) in [4.78, 5) is 41.7. The maximum Gasteiger partial charge on any atom is 0.336 e. The van der Waals surface area contributed by atoms with Gasteiger partial charge >= 0.3 is 5.97 Å². The van der Waals surface area contributed by atoms with Gasteiger partial charge in [-0.1, -0.05) is 12.1 Å². The van der Waals surface area contributed by atoms with E-state index in [9.17, 15) is 19.5 Å². The van der Waals surface area contributed by atoms with Crippen LogP contribution in [-0.2, 0) is 0 Å². The molecule has 1 saturated heterocycles. The largest absolute Gasteiger partial charge is 0.478 e. The van der Waals surface area contributed by atoms with Crippen molar-refractivity contribution in [3.63, 3.8) is 0 Å². The summed E-state index contributed by atoms with van der Waals surface area (Å²) in [5.41, 5.74) is 0.698. The molecule has 2 N–H and O–H groups in total. The Morgan fingerprint density at radius 1 is 1.04 bits per heavy atom. The molecule has 0 bridgehead atoms. The lowest BCUT2D eigenvalue weighted by Crippen LogP contribution is -2.46. The van der Waals surface area contributed by atoms with Gasteiger partial charge in [0.1, 0.15) is 0 Å². The van der Waals surface area contributed by atoms with Crippen molar-refractivity contribution in [2.75, 3.05) is 13.1 Å². The van der Waals surface area contributed by atoms with E-state index in [1.165, 1.54) is 18.3 Å². The molecule has 134 valence electrons. The summed E-state index contributed by atoms with van der Waals surface area (Å²) in [6.07, 6.45) is 4.35. The zero-order chi connectivity index (χ0) is 18.5. The van der Waals surface area contributed by atoms with Crippen LogP contribution in [0.5, 0.6) is 0 Å². The average Bonchev–Trinajstić information content (AvgIpc) is 2.68. The van der Waals surface area contributed by atoms with Crippen LogP contribution in [-0.4, -0.2) is 51.9 Å². The van der Waals surface area contributed by atoms with Crippen molar-refractivity contribution in [2.45, 2.75) is 18.9 Å². The molecule has 7 heteroatoms. The molecule has 0 spiro atoms. The molecule has 0 unspecified atom stereocenters. The molecule has 1 aliphatic rings. The second-order valence-corrected chi connectivity index (χ2v) is 6.13. The van der Waals surface area contributed by atoms with Crippen LogP contribution in [0.3, 0.4) is 0 Å². The number of hydrogen-bond acceptors (Lipinski definition) is 4. The summed E-state index contributed by atoms with van der Waals surface area (Å²) in [6, 6.07) is 9.58. The van der Waals surface area contributed by atoms with E-state index in [-0.39, 0.29) is 29.0 Å². The number of amides is 2. The number of likely N-dealkylation sites (tertiary alicyclic amines) is 1. The van der Waals surface area contributed by atoms with Gasteiger partial charge in [0.05, 0.1) is 16.7 Å². The lowest BCUT2D eigenvalue weighted by molar-refractivity contribution is 0.0654. The molecule has 7 nitrogen and oxygen atoms in total. The molecule has 1 aliphatic heterocycles. The number of nitrogens with one attached hydrogen (secondary N) is 1. The number of carbonyl (C=O) groups is 3. The Morgan fingerprint density at radius 2 is 1.73 bits per heavy atom. The Balaban J connectivity index is 1.59. The predicted octanol–water partition coefficient (Wildman–Crippen LogP) is 1.81. The Bertz CT molecular complexity index is 815. The van der Waals surface area contributed by atoms with Crippen molar-refractivity contribution < 1.29 is 19.5 Å². The fourth-order valence-electron chi connectivity index (χ4n) is 3.02. The van der Waals surface area contributed by atoms with Crippen molar-refractivity contribution >= 4 is 17.8 Å². The van der Waals surface area contributed by atoms with Crippen LogP contribution in [0.1, 0.15) is 43.9 Å². The highest BCUT2D eigenvalue weighted by Crippen LogP contribution is 2.17. The fourth-order valence-corrected chi connectivity index (χ4v) is 3.02. The van der Waals surface area contributed by atoms with Crippen molar-refractivity contribution in [3.8, 4) is 0 Å². The van der Waals surface area contributed by atoms with Crippen LogP contribution in [0, 0.1) is 0 Å². The van der Waals surface area contributed by atoms with Gasteiger partial charge in [-0.2, -0.15) is 0 Å². The third kappa shape index (κ3) is 3.88. The molecule has 2 heterocycles. The lowest BCUT2D eigenvalue weighted by atomic mass is 10.0. The van der Waals surface area contributed by atoms with Crippen LogP contribution < -0.4 is 5.32 Å². The summed E-state index contributed by atoms with van der Waals surface area (Å²) in [7, 11) is 0. The van der Waals surface area contributed by atoms with E-state index in [0.717, 1.165) is 0 Å². The van der Waals surface area contributed by atoms with E-state index < -0.39 is 5.97 Å². The van der Waals surface area contributed by atoms with Gasteiger partial charge in [-0.15, -0.1) is 0 Å². The second-order valence-electron chi connectivity index (χ2n) is 6.13. The Labute approximate surface area is 150 Å². The minimum absolute atomic E-state index is 0.00417. The van der Waals surface area contributed by atoms with Gasteiger partial charge in [0.15, 0.2) is 0 Å². The number of nitrogens with zero attached hydrogens (tertiary/aromatic N) is 2. The van der Waals surface area contributed by atoms with Crippen LogP contribution in [0.15, 0.2) is 48.8 Å². The van der Waals surface area contributed by atoms with Gasteiger partial charge in [-0.25, -0.2) is 4.79 Å². The maximum atomic E-state index is 12.6. The SMILES string of the molecule is O=C(NC1CCN(C(=O)c2ccccc2C(=O)O)CC1)c1cccnc1. The summed E-state index contributed by atoms with van der Waals surface area (Å²) < 4.78 is 0. The fraction of sp³-hybridized carbons (Fsp3) is 0.263. The molecule has 1 aromatic heterocycles. The number of rotatable bonds is 4. The van der Waals surface area contributed by atoms with Crippen LogP contribution >= 0.6 is 0 Å². The number of hydrogen-bond donors (Lipinski definition) is 2. The highest BCUT2D eigenvalue weighted by atomic mass is 16.4. The normalized spacial score (nSPS) is 14.7. The first-order valence-corrected chi connectivity index (χ1v) is 8.38. The van der Waals surface area contributed by atoms with Crippen molar-refractivity contribution in [1.82, 2.24) is 15.2 Å². The van der Waals surface area contributed by atoms with E-state index in [2.05, 4.69) is 10.3 Å². The number of carboxylic acids is 1. The summed E-state index contributed by atoms with van der Waals surface area (Å²) in [5.74, 6) is -1.59. The quantitative estimate of drug-likeness (QED) is 0.873. The number of aromatic carboxylic acids is 1. The van der Waals surface area contributed by atoms with E-state index in [1.807, 2.05) is 0 Å². The van der Waals surface area contributed by atoms with E-state index >= 15 is 0 Å². The van der Waals surface area contributed by atoms with Crippen molar-refractivity contribution in [2.24, 2.45) is 0 Å². The van der Waals surface area contributed by atoms with Gasteiger partial charge in [0.25, 0.3) is 11.8 Å². The van der Waals surface area contributed by atoms with Gasteiger partial charge in [-0.05, 0) is 37.1 Å². The molecular formula is C19H19N3O4. The first kappa shape index (κ1) is 17.6. The minimum atomic E-state index is -1.12. The van der Waals surface area contributed by atoms with Gasteiger partial charge in [0, 0.05) is 31.5 Å². The Morgan fingerprint density at radius 3 is 2.35 bits per heavy atom. The predicted molar refractivity (Wildman–Crippen MR) is 94.0 cm³/mol.